The number of nitrogens with zero attached hydrogens (tertiary/aromatic N) is 1. The highest BCUT2D eigenvalue weighted by Gasteiger charge is 2.35. The van der Waals surface area contributed by atoms with E-state index in [9.17, 15) is 8.42 Å². The summed E-state index contributed by atoms with van der Waals surface area (Å²) in [7, 11) is -3.50. The molecule has 0 bridgehead atoms. The predicted molar refractivity (Wildman–Crippen MR) is 87.5 cm³/mol. The predicted octanol–water partition coefficient (Wildman–Crippen LogP) is 3.55. The van der Waals surface area contributed by atoms with Gasteiger partial charge >= 0.3 is 0 Å². The Hall–Kier alpha value is -1.46. The number of sulfonamides is 1. The molecule has 0 spiro atoms. The molecular weight excluding hydrogens is 302 g/mol. The van der Waals surface area contributed by atoms with Crippen LogP contribution in [0.5, 0.6) is 0 Å². The normalized spacial score (nSPS) is 17.8. The molecule has 0 radical (unpaired) electrons. The van der Waals surface area contributed by atoms with Crippen LogP contribution < -0.4 is 4.31 Å². The Morgan fingerprint density at radius 1 is 1.10 bits per heavy atom. The van der Waals surface area contributed by atoms with Crippen LogP contribution in [0.1, 0.15) is 12.5 Å². The van der Waals surface area contributed by atoms with Crippen molar-refractivity contribution in [2.24, 2.45) is 0 Å². The summed E-state index contributed by atoms with van der Waals surface area (Å²) < 4.78 is 27.4. The molecule has 1 aliphatic rings. The van der Waals surface area contributed by atoms with Crippen LogP contribution in [0.2, 0.25) is 0 Å². The molecular formula is C16H17NO2S2. The van der Waals surface area contributed by atoms with E-state index in [1.54, 1.807) is 28.2 Å². The smallest absolute Gasteiger partial charge is 0.263 e. The number of benzene rings is 2. The zero-order valence-electron chi connectivity index (χ0n) is 12.0. The van der Waals surface area contributed by atoms with Crippen molar-refractivity contribution < 1.29 is 8.42 Å². The molecule has 2 aromatic rings. The maximum Gasteiger partial charge on any atom is 0.264 e. The van der Waals surface area contributed by atoms with Crippen LogP contribution in [-0.4, -0.2) is 20.7 Å². The van der Waals surface area contributed by atoms with E-state index in [0.29, 0.717) is 4.90 Å². The Bertz CT molecular complexity index is 754. The lowest BCUT2D eigenvalue weighted by Crippen LogP contribution is -2.35. The summed E-state index contributed by atoms with van der Waals surface area (Å²) in [6.07, 6.45) is 2.74. The molecule has 0 fully saturated rings. The highest BCUT2D eigenvalue weighted by molar-refractivity contribution is 7.98. The lowest BCUT2D eigenvalue weighted by molar-refractivity contribution is 0.584. The van der Waals surface area contributed by atoms with E-state index in [1.807, 2.05) is 49.6 Å². The zero-order chi connectivity index (χ0) is 15.0. The van der Waals surface area contributed by atoms with Crippen molar-refractivity contribution in [3.8, 4) is 0 Å². The Morgan fingerprint density at radius 3 is 2.43 bits per heavy atom. The third-order valence-corrected chi connectivity index (χ3v) is 6.45. The Kier molecular flexibility index (Phi) is 3.71. The minimum absolute atomic E-state index is 0.0485. The third-order valence-electron chi connectivity index (χ3n) is 3.76. The number of hydrogen-bond donors (Lipinski definition) is 0. The SMILES string of the molecule is CSc1ccc(S(=O)(=O)N2c3ccccc3C[C@H]2C)cc1. The Balaban J connectivity index is 2.05. The van der Waals surface area contributed by atoms with Crippen molar-refractivity contribution in [3.05, 3.63) is 54.1 Å². The topological polar surface area (TPSA) is 37.4 Å². The second kappa shape index (κ2) is 5.39. The largest absolute Gasteiger partial charge is 0.264 e. The van der Waals surface area contributed by atoms with Gasteiger partial charge in [-0.15, -0.1) is 11.8 Å². The monoisotopic (exact) mass is 319 g/mol. The summed E-state index contributed by atoms with van der Waals surface area (Å²) in [6, 6.07) is 14.8. The summed E-state index contributed by atoms with van der Waals surface area (Å²) in [5.41, 5.74) is 1.90. The van der Waals surface area contributed by atoms with Gasteiger partial charge in [0.15, 0.2) is 0 Å². The van der Waals surface area contributed by atoms with Crippen molar-refractivity contribution in [3.63, 3.8) is 0 Å². The molecule has 5 heteroatoms. The van der Waals surface area contributed by atoms with E-state index in [1.165, 1.54) is 0 Å². The van der Waals surface area contributed by atoms with Gasteiger partial charge in [0.25, 0.3) is 10.0 Å². The molecule has 3 nitrogen and oxygen atoms in total. The molecule has 1 atom stereocenters. The molecule has 2 aromatic carbocycles. The fourth-order valence-electron chi connectivity index (χ4n) is 2.76. The summed E-state index contributed by atoms with van der Waals surface area (Å²) in [4.78, 5) is 1.41. The summed E-state index contributed by atoms with van der Waals surface area (Å²) in [5, 5.41) is 0. The van der Waals surface area contributed by atoms with Crippen molar-refractivity contribution in [1.29, 1.82) is 0 Å². The van der Waals surface area contributed by atoms with Crippen LogP contribution in [0.15, 0.2) is 58.3 Å². The van der Waals surface area contributed by atoms with Gasteiger partial charge in [0.2, 0.25) is 0 Å². The first-order chi connectivity index (χ1) is 10.0. The summed E-state index contributed by atoms with van der Waals surface area (Å²) in [6.45, 7) is 1.95. The lowest BCUT2D eigenvalue weighted by Gasteiger charge is -2.24. The molecule has 0 aliphatic carbocycles. The van der Waals surface area contributed by atoms with Gasteiger partial charge in [-0.25, -0.2) is 8.42 Å². The van der Waals surface area contributed by atoms with Crippen LogP contribution in [0.3, 0.4) is 0 Å². The van der Waals surface area contributed by atoms with Crippen LogP contribution in [-0.2, 0) is 16.4 Å². The van der Waals surface area contributed by atoms with Crippen LogP contribution in [0.4, 0.5) is 5.69 Å². The van der Waals surface area contributed by atoms with Gasteiger partial charge in [-0.3, -0.25) is 4.31 Å². The number of thioether (sulfide) groups is 1. The molecule has 1 heterocycles. The molecule has 0 aromatic heterocycles. The second-order valence-electron chi connectivity index (χ2n) is 5.16. The summed E-state index contributed by atoms with van der Waals surface area (Å²) in [5.74, 6) is 0. The van der Waals surface area contributed by atoms with E-state index in [-0.39, 0.29) is 6.04 Å². The standard InChI is InChI=1S/C16H17NO2S2/c1-12-11-13-5-3-4-6-16(13)17(12)21(18,19)15-9-7-14(20-2)8-10-15/h3-10,12H,11H2,1-2H3/t12-/m1/s1. The van der Waals surface area contributed by atoms with Gasteiger partial charge in [0.1, 0.15) is 0 Å². The van der Waals surface area contributed by atoms with E-state index >= 15 is 0 Å². The van der Waals surface area contributed by atoms with Crippen LogP contribution in [0.25, 0.3) is 0 Å². The van der Waals surface area contributed by atoms with Crippen molar-refractivity contribution in [1.82, 2.24) is 0 Å². The summed E-state index contributed by atoms with van der Waals surface area (Å²) >= 11 is 1.60. The average Bonchev–Trinajstić information content (AvgIpc) is 2.83. The Labute approximate surface area is 130 Å². The quantitative estimate of drug-likeness (QED) is 0.812. The molecule has 110 valence electrons. The van der Waals surface area contributed by atoms with Gasteiger partial charge in [-0.05, 0) is 55.5 Å². The van der Waals surface area contributed by atoms with Crippen molar-refractivity contribution >= 4 is 27.5 Å². The van der Waals surface area contributed by atoms with Gasteiger partial charge in [0, 0.05) is 10.9 Å². The number of para-hydroxylation sites is 1. The Morgan fingerprint density at radius 2 is 1.76 bits per heavy atom. The first-order valence-electron chi connectivity index (χ1n) is 6.80. The molecule has 0 amide bonds. The second-order valence-corrected chi connectivity index (χ2v) is 7.85. The number of rotatable bonds is 3. The van der Waals surface area contributed by atoms with Crippen LogP contribution >= 0.6 is 11.8 Å². The number of hydrogen-bond acceptors (Lipinski definition) is 3. The minimum atomic E-state index is -3.50. The number of anilines is 1. The van der Waals surface area contributed by atoms with Gasteiger partial charge in [0.05, 0.1) is 10.6 Å². The third kappa shape index (κ3) is 2.45. The van der Waals surface area contributed by atoms with Crippen LogP contribution in [0, 0.1) is 0 Å². The van der Waals surface area contributed by atoms with Gasteiger partial charge in [-0.1, -0.05) is 18.2 Å². The zero-order valence-corrected chi connectivity index (χ0v) is 13.6. The first-order valence-corrected chi connectivity index (χ1v) is 9.47. The highest BCUT2D eigenvalue weighted by Crippen LogP contribution is 2.36. The van der Waals surface area contributed by atoms with Crippen molar-refractivity contribution in [2.75, 3.05) is 10.6 Å². The molecule has 3 rings (SSSR count). The van der Waals surface area contributed by atoms with E-state index in [2.05, 4.69) is 0 Å². The fraction of sp³-hybridized carbons (Fsp3) is 0.250. The molecule has 1 aliphatic heterocycles. The van der Waals surface area contributed by atoms with E-state index in [4.69, 9.17) is 0 Å². The highest BCUT2D eigenvalue weighted by atomic mass is 32.2. The van der Waals surface area contributed by atoms with Gasteiger partial charge in [-0.2, -0.15) is 0 Å². The maximum atomic E-state index is 12.9. The molecule has 0 unspecified atom stereocenters. The fourth-order valence-corrected chi connectivity index (χ4v) is 4.87. The lowest BCUT2D eigenvalue weighted by atomic mass is 10.1. The van der Waals surface area contributed by atoms with Crippen molar-refractivity contribution in [2.45, 2.75) is 29.2 Å². The molecule has 0 saturated heterocycles. The molecule has 0 N–H and O–H groups in total. The van der Waals surface area contributed by atoms with Gasteiger partial charge < -0.3 is 0 Å². The van der Waals surface area contributed by atoms with E-state index in [0.717, 1.165) is 22.6 Å². The molecule has 21 heavy (non-hydrogen) atoms. The first kappa shape index (κ1) is 14.5. The minimum Gasteiger partial charge on any atom is -0.263 e. The average molecular weight is 319 g/mol. The number of fused-ring (bicyclic) bond motifs is 1. The molecule has 0 saturated carbocycles. The van der Waals surface area contributed by atoms with E-state index < -0.39 is 10.0 Å². The maximum absolute atomic E-state index is 12.9.